The first kappa shape index (κ1) is 14.1. The standard InChI is InChI=1S/C13H20N2OS/c1-4-12(13(16)15-14)17-8-11-6-9(2)5-10(3)7-11/h5-7,12H,4,8,14H2,1-3H3,(H,15,16). The van der Waals surface area contributed by atoms with Crippen LogP contribution in [0.3, 0.4) is 0 Å². The van der Waals surface area contributed by atoms with Gasteiger partial charge in [-0.15, -0.1) is 11.8 Å². The van der Waals surface area contributed by atoms with Crippen molar-refractivity contribution in [3.05, 3.63) is 34.9 Å². The number of amides is 1. The van der Waals surface area contributed by atoms with Gasteiger partial charge in [-0.3, -0.25) is 10.2 Å². The summed E-state index contributed by atoms with van der Waals surface area (Å²) in [5, 5.41) is -0.0687. The highest BCUT2D eigenvalue weighted by molar-refractivity contribution is 7.99. The molecule has 1 rings (SSSR count). The predicted octanol–water partition coefficient (Wildman–Crippen LogP) is 2.31. The number of aryl methyl sites for hydroxylation is 2. The molecule has 0 saturated heterocycles. The molecular formula is C13H20N2OS. The number of nitrogens with one attached hydrogen (secondary N) is 1. The van der Waals surface area contributed by atoms with Crippen LogP contribution in [0.2, 0.25) is 0 Å². The Balaban J connectivity index is 2.62. The second-order valence-electron chi connectivity index (χ2n) is 4.21. The Morgan fingerprint density at radius 1 is 1.35 bits per heavy atom. The Morgan fingerprint density at radius 3 is 2.41 bits per heavy atom. The molecule has 0 aromatic heterocycles. The first-order chi connectivity index (χ1) is 8.06. The van der Waals surface area contributed by atoms with E-state index >= 15 is 0 Å². The zero-order valence-electron chi connectivity index (χ0n) is 10.6. The molecule has 3 N–H and O–H groups in total. The Hall–Kier alpha value is -1.00. The van der Waals surface area contributed by atoms with Gasteiger partial charge in [0.15, 0.2) is 0 Å². The van der Waals surface area contributed by atoms with E-state index in [1.54, 1.807) is 11.8 Å². The lowest BCUT2D eigenvalue weighted by atomic mass is 10.1. The van der Waals surface area contributed by atoms with E-state index in [2.05, 4.69) is 37.5 Å². The quantitative estimate of drug-likeness (QED) is 0.480. The minimum absolute atomic E-state index is 0.0687. The van der Waals surface area contributed by atoms with Crippen molar-refractivity contribution in [3.8, 4) is 0 Å². The molecule has 1 atom stereocenters. The average molecular weight is 252 g/mol. The number of thioether (sulfide) groups is 1. The molecule has 1 unspecified atom stereocenters. The van der Waals surface area contributed by atoms with Crippen molar-refractivity contribution in [2.24, 2.45) is 5.84 Å². The highest BCUT2D eigenvalue weighted by Gasteiger charge is 2.15. The van der Waals surface area contributed by atoms with E-state index in [4.69, 9.17) is 5.84 Å². The van der Waals surface area contributed by atoms with Crippen LogP contribution in [0.5, 0.6) is 0 Å². The maximum Gasteiger partial charge on any atom is 0.246 e. The van der Waals surface area contributed by atoms with Gasteiger partial charge in [0.1, 0.15) is 0 Å². The summed E-state index contributed by atoms with van der Waals surface area (Å²) in [6.45, 7) is 6.17. The molecule has 0 bridgehead atoms. The minimum Gasteiger partial charge on any atom is -0.293 e. The van der Waals surface area contributed by atoms with Crippen molar-refractivity contribution in [1.29, 1.82) is 0 Å². The van der Waals surface area contributed by atoms with E-state index in [1.165, 1.54) is 16.7 Å². The summed E-state index contributed by atoms with van der Waals surface area (Å²) in [5.41, 5.74) is 6.00. The number of hydrogen-bond acceptors (Lipinski definition) is 3. The number of carbonyl (C=O) groups excluding carboxylic acids is 1. The normalized spacial score (nSPS) is 12.2. The highest BCUT2D eigenvalue weighted by Crippen LogP contribution is 2.21. The number of hydrogen-bond donors (Lipinski definition) is 2. The molecule has 3 nitrogen and oxygen atoms in total. The third-order valence-corrected chi connectivity index (χ3v) is 3.99. The Bertz CT molecular complexity index is 373. The van der Waals surface area contributed by atoms with Gasteiger partial charge in [-0.1, -0.05) is 36.2 Å². The van der Waals surface area contributed by atoms with Gasteiger partial charge in [-0.2, -0.15) is 0 Å². The fraction of sp³-hybridized carbons (Fsp3) is 0.462. The molecule has 4 heteroatoms. The molecule has 1 aromatic carbocycles. The van der Waals surface area contributed by atoms with E-state index in [1.807, 2.05) is 6.92 Å². The van der Waals surface area contributed by atoms with Crippen LogP contribution >= 0.6 is 11.8 Å². The molecule has 0 radical (unpaired) electrons. The third-order valence-electron chi connectivity index (χ3n) is 2.54. The van der Waals surface area contributed by atoms with Crippen LogP contribution in [-0.4, -0.2) is 11.2 Å². The molecular weight excluding hydrogens is 232 g/mol. The van der Waals surface area contributed by atoms with Crippen LogP contribution < -0.4 is 11.3 Å². The van der Waals surface area contributed by atoms with Crippen molar-refractivity contribution in [1.82, 2.24) is 5.43 Å². The highest BCUT2D eigenvalue weighted by atomic mass is 32.2. The molecule has 1 amide bonds. The molecule has 0 fully saturated rings. The summed E-state index contributed by atoms with van der Waals surface area (Å²) < 4.78 is 0. The number of carbonyl (C=O) groups is 1. The molecule has 0 aliphatic carbocycles. The Kier molecular flexibility index (Phi) is 5.51. The summed E-state index contributed by atoms with van der Waals surface area (Å²) in [6.07, 6.45) is 0.790. The average Bonchev–Trinajstić information content (AvgIpc) is 2.28. The number of nitrogens with two attached hydrogens (primary N) is 1. The summed E-state index contributed by atoms with van der Waals surface area (Å²) in [7, 11) is 0. The fourth-order valence-electron chi connectivity index (χ4n) is 1.82. The summed E-state index contributed by atoms with van der Waals surface area (Å²) in [6, 6.07) is 6.47. The van der Waals surface area contributed by atoms with Crippen LogP contribution in [-0.2, 0) is 10.5 Å². The van der Waals surface area contributed by atoms with Crippen LogP contribution in [0.4, 0.5) is 0 Å². The van der Waals surface area contributed by atoms with Crippen molar-refractivity contribution in [3.63, 3.8) is 0 Å². The molecule has 0 aliphatic heterocycles. The zero-order valence-corrected chi connectivity index (χ0v) is 11.4. The van der Waals surface area contributed by atoms with E-state index < -0.39 is 0 Å². The van der Waals surface area contributed by atoms with Crippen LogP contribution in [0.25, 0.3) is 0 Å². The van der Waals surface area contributed by atoms with Gasteiger partial charge in [0.25, 0.3) is 0 Å². The van der Waals surface area contributed by atoms with E-state index in [0.717, 1.165) is 12.2 Å². The zero-order chi connectivity index (χ0) is 12.8. The van der Waals surface area contributed by atoms with E-state index in [-0.39, 0.29) is 11.2 Å². The molecule has 17 heavy (non-hydrogen) atoms. The van der Waals surface area contributed by atoms with Crippen molar-refractivity contribution in [2.75, 3.05) is 0 Å². The van der Waals surface area contributed by atoms with E-state index in [0.29, 0.717) is 0 Å². The molecule has 0 heterocycles. The first-order valence-corrected chi connectivity index (χ1v) is 6.81. The van der Waals surface area contributed by atoms with Crippen molar-refractivity contribution in [2.45, 2.75) is 38.2 Å². The monoisotopic (exact) mass is 252 g/mol. The summed E-state index contributed by atoms with van der Waals surface area (Å²) in [5.74, 6) is 5.90. The maximum atomic E-state index is 11.4. The lowest BCUT2D eigenvalue weighted by molar-refractivity contribution is -0.120. The second-order valence-corrected chi connectivity index (χ2v) is 5.40. The van der Waals surface area contributed by atoms with Gasteiger partial charge in [0.05, 0.1) is 5.25 Å². The van der Waals surface area contributed by atoms with Gasteiger partial charge >= 0.3 is 0 Å². The molecule has 1 aromatic rings. The first-order valence-electron chi connectivity index (χ1n) is 5.76. The van der Waals surface area contributed by atoms with Gasteiger partial charge in [0.2, 0.25) is 5.91 Å². The minimum atomic E-state index is -0.0955. The van der Waals surface area contributed by atoms with Crippen LogP contribution in [0.1, 0.15) is 30.0 Å². The molecule has 0 saturated carbocycles. The summed E-state index contributed by atoms with van der Waals surface area (Å²) in [4.78, 5) is 11.4. The lowest BCUT2D eigenvalue weighted by Crippen LogP contribution is -2.37. The largest absolute Gasteiger partial charge is 0.293 e. The molecule has 0 spiro atoms. The van der Waals surface area contributed by atoms with Gasteiger partial charge in [0, 0.05) is 5.75 Å². The number of hydrazine groups is 1. The third kappa shape index (κ3) is 4.40. The van der Waals surface area contributed by atoms with Gasteiger partial charge < -0.3 is 0 Å². The second kappa shape index (κ2) is 6.67. The molecule has 0 aliphatic rings. The van der Waals surface area contributed by atoms with Crippen LogP contribution in [0.15, 0.2) is 18.2 Å². The Labute approximate surface area is 107 Å². The van der Waals surface area contributed by atoms with Crippen molar-refractivity contribution < 1.29 is 4.79 Å². The number of rotatable bonds is 5. The lowest BCUT2D eigenvalue weighted by Gasteiger charge is -2.13. The number of benzene rings is 1. The van der Waals surface area contributed by atoms with Crippen LogP contribution in [0, 0.1) is 13.8 Å². The van der Waals surface area contributed by atoms with Gasteiger partial charge in [-0.05, 0) is 25.8 Å². The summed E-state index contributed by atoms with van der Waals surface area (Å²) >= 11 is 1.63. The smallest absolute Gasteiger partial charge is 0.246 e. The Morgan fingerprint density at radius 2 is 1.94 bits per heavy atom. The van der Waals surface area contributed by atoms with E-state index in [9.17, 15) is 4.79 Å². The van der Waals surface area contributed by atoms with Gasteiger partial charge in [-0.25, -0.2) is 5.84 Å². The topological polar surface area (TPSA) is 55.1 Å². The fourth-order valence-corrected chi connectivity index (χ4v) is 2.84. The molecule has 94 valence electrons. The SMILES string of the molecule is CCC(SCc1cc(C)cc(C)c1)C(=O)NN. The maximum absolute atomic E-state index is 11.4. The predicted molar refractivity (Wildman–Crippen MR) is 73.6 cm³/mol. The van der Waals surface area contributed by atoms with Crippen molar-refractivity contribution >= 4 is 17.7 Å².